The third kappa shape index (κ3) is 4.80. The van der Waals surface area contributed by atoms with E-state index >= 15 is 0 Å². The highest BCUT2D eigenvalue weighted by Crippen LogP contribution is 2.20. The molecule has 0 aliphatic carbocycles. The highest BCUT2D eigenvalue weighted by Gasteiger charge is 2.35. The van der Waals surface area contributed by atoms with Crippen LogP contribution in [0.15, 0.2) is 30.6 Å². The SMILES string of the molecule is CCOC(=O)CN(CC(F)(F)F)C(=O)c1cnn(-c2ccccn2)c1C. The van der Waals surface area contributed by atoms with Crippen molar-refractivity contribution in [3.05, 3.63) is 41.9 Å². The van der Waals surface area contributed by atoms with Crippen LogP contribution in [0.2, 0.25) is 0 Å². The van der Waals surface area contributed by atoms with Crippen LogP contribution in [0.4, 0.5) is 13.2 Å². The lowest BCUT2D eigenvalue weighted by Crippen LogP contribution is -2.42. The minimum atomic E-state index is -4.66. The van der Waals surface area contributed by atoms with Gasteiger partial charge in [0.2, 0.25) is 0 Å². The Morgan fingerprint density at radius 1 is 1.31 bits per heavy atom. The fraction of sp³-hybridized carbons (Fsp3) is 0.375. The van der Waals surface area contributed by atoms with Gasteiger partial charge >= 0.3 is 12.1 Å². The fourth-order valence-corrected chi connectivity index (χ4v) is 2.28. The number of pyridine rings is 1. The van der Waals surface area contributed by atoms with Crippen LogP contribution >= 0.6 is 0 Å². The molecule has 7 nitrogen and oxygen atoms in total. The Balaban J connectivity index is 2.30. The second kappa shape index (κ2) is 7.98. The van der Waals surface area contributed by atoms with Gasteiger partial charge in [0.1, 0.15) is 13.1 Å². The number of hydrogen-bond acceptors (Lipinski definition) is 5. The molecule has 0 unspecified atom stereocenters. The smallest absolute Gasteiger partial charge is 0.406 e. The van der Waals surface area contributed by atoms with Crippen LogP contribution in [0, 0.1) is 6.92 Å². The fourth-order valence-electron chi connectivity index (χ4n) is 2.28. The van der Waals surface area contributed by atoms with E-state index in [1.165, 1.54) is 24.7 Å². The summed E-state index contributed by atoms with van der Waals surface area (Å²) in [6.45, 7) is 0.683. The lowest BCUT2D eigenvalue weighted by molar-refractivity contribution is -0.153. The van der Waals surface area contributed by atoms with Crippen molar-refractivity contribution in [1.29, 1.82) is 0 Å². The summed E-state index contributed by atoms with van der Waals surface area (Å²) in [5.41, 5.74) is 0.258. The molecule has 0 saturated heterocycles. The first-order valence-corrected chi connectivity index (χ1v) is 7.70. The molecule has 2 aromatic heterocycles. The first-order chi connectivity index (χ1) is 12.2. The molecule has 2 rings (SSSR count). The van der Waals surface area contributed by atoms with Gasteiger partial charge in [-0.1, -0.05) is 6.07 Å². The Morgan fingerprint density at radius 2 is 2.04 bits per heavy atom. The molecule has 0 radical (unpaired) electrons. The van der Waals surface area contributed by atoms with Gasteiger partial charge in [-0.05, 0) is 26.0 Å². The monoisotopic (exact) mass is 370 g/mol. The summed E-state index contributed by atoms with van der Waals surface area (Å²) in [5.74, 6) is -1.47. The summed E-state index contributed by atoms with van der Waals surface area (Å²) in [6, 6.07) is 5.04. The highest BCUT2D eigenvalue weighted by atomic mass is 19.4. The summed E-state index contributed by atoms with van der Waals surface area (Å²) < 4.78 is 44.4. The molecule has 2 heterocycles. The number of alkyl halides is 3. The second-order valence-corrected chi connectivity index (χ2v) is 5.32. The van der Waals surface area contributed by atoms with Crippen molar-refractivity contribution >= 4 is 11.9 Å². The van der Waals surface area contributed by atoms with E-state index in [-0.39, 0.29) is 12.2 Å². The Morgan fingerprint density at radius 3 is 2.62 bits per heavy atom. The number of hydrogen-bond donors (Lipinski definition) is 0. The molecule has 0 atom stereocenters. The average molecular weight is 370 g/mol. The van der Waals surface area contributed by atoms with Gasteiger partial charge in [0, 0.05) is 6.20 Å². The molecule has 0 fully saturated rings. The van der Waals surface area contributed by atoms with E-state index in [1.807, 2.05) is 0 Å². The number of nitrogens with zero attached hydrogens (tertiary/aromatic N) is 4. The quantitative estimate of drug-likeness (QED) is 0.728. The molecule has 0 aliphatic heterocycles. The molecule has 0 saturated carbocycles. The number of ether oxygens (including phenoxy) is 1. The maximum atomic E-state index is 12.8. The van der Waals surface area contributed by atoms with Gasteiger partial charge in [-0.15, -0.1) is 0 Å². The predicted octanol–water partition coefficient (Wildman–Crippen LogP) is 2.14. The number of halogens is 3. The maximum absolute atomic E-state index is 12.8. The summed E-state index contributed by atoms with van der Waals surface area (Å²) in [6.07, 6.45) is -1.98. The molecule has 10 heteroatoms. The predicted molar refractivity (Wildman–Crippen MR) is 84.7 cm³/mol. The van der Waals surface area contributed by atoms with Crippen molar-refractivity contribution in [2.45, 2.75) is 20.0 Å². The Hall–Kier alpha value is -2.91. The van der Waals surface area contributed by atoms with E-state index in [0.717, 1.165) is 6.20 Å². The molecule has 2 aromatic rings. The van der Waals surface area contributed by atoms with Gasteiger partial charge < -0.3 is 9.64 Å². The average Bonchev–Trinajstić information content (AvgIpc) is 2.95. The van der Waals surface area contributed by atoms with E-state index < -0.39 is 31.1 Å². The van der Waals surface area contributed by atoms with E-state index in [0.29, 0.717) is 16.4 Å². The third-order valence-electron chi connectivity index (χ3n) is 3.39. The van der Waals surface area contributed by atoms with Gasteiger partial charge in [-0.3, -0.25) is 9.59 Å². The summed E-state index contributed by atoms with van der Waals surface area (Å²) in [7, 11) is 0. The van der Waals surface area contributed by atoms with Gasteiger partial charge in [-0.2, -0.15) is 18.3 Å². The molecule has 140 valence electrons. The normalized spacial score (nSPS) is 11.3. The largest absolute Gasteiger partial charge is 0.465 e. The van der Waals surface area contributed by atoms with Crippen molar-refractivity contribution in [1.82, 2.24) is 19.7 Å². The standard InChI is InChI=1S/C16H17F3N4O3/c1-3-26-14(24)9-22(10-16(17,18)19)15(25)12-8-21-23(11(12)2)13-6-4-5-7-20-13/h4-8H,3,9-10H2,1-2H3. The van der Waals surface area contributed by atoms with Crippen molar-refractivity contribution in [3.8, 4) is 5.82 Å². The van der Waals surface area contributed by atoms with E-state index in [1.54, 1.807) is 18.2 Å². The van der Waals surface area contributed by atoms with Crippen LogP contribution in [-0.4, -0.2) is 57.4 Å². The number of carbonyl (C=O) groups excluding carboxylic acids is 2. The zero-order valence-electron chi connectivity index (χ0n) is 14.2. The van der Waals surface area contributed by atoms with Gasteiger partial charge in [0.15, 0.2) is 5.82 Å². The zero-order chi connectivity index (χ0) is 19.3. The first kappa shape index (κ1) is 19.4. The molecular formula is C16H17F3N4O3. The molecular weight excluding hydrogens is 353 g/mol. The Bertz CT molecular complexity index is 775. The van der Waals surface area contributed by atoms with E-state index in [2.05, 4.69) is 14.8 Å². The summed E-state index contributed by atoms with van der Waals surface area (Å²) >= 11 is 0. The van der Waals surface area contributed by atoms with Crippen LogP contribution in [0.3, 0.4) is 0 Å². The summed E-state index contributed by atoms with van der Waals surface area (Å²) in [5, 5.41) is 4.01. The number of carbonyl (C=O) groups is 2. The number of esters is 1. The highest BCUT2D eigenvalue weighted by molar-refractivity contribution is 5.96. The van der Waals surface area contributed by atoms with Crippen LogP contribution < -0.4 is 0 Å². The van der Waals surface area contributed by atoms with Crippen LogP contribution in [0.25, 0.3) is 5.82 Å². The van der Waals surface area contributed by atoms with Crippen LogP contribution in [0.1, 0.15) is 23.0 Å². The minimum absolute atomic E-state index is 0.00349. The number of aromatic nitrogens is 3. The van der Waals surface area contributed by atoms with Crippen LogP contribution in [0.5, 0.6) is 0 Å². The lowest BCUT2D eigenvalue weighted by atomic mass is 10.2. The molecule has 0 aliphatic rings. The van der Waals surface area contributed by atoms with E-state index in [4.69, 9.17) is 0 Å². The molecule has 0 aromatic carbocycles. The topological polar surface area (TPSA) is 77.3 Å². The summed E-state index contributed by atoms with van der Waals surface area (Å²) in [4.78, 5) is 28.6. The number of rotatable bonds is 6. The Kier molecular flexibility index (Phi) is 5.96. The minimum Gasteiger partial charge on any atom is -0.465 e. The Labute approximate surface area is 147 Å². The van der Waals surface area contributed by atoms with Crippen LogP contribution in [-0.2, 0) is 9.53 Å². The third-order valence-corrected chi connectivity index (χ3v) is 3.39. The van der Waals surface area contributed by atoms with Crippen molar-refractivity contribution in [2.24, 2.45) is 0 Å². The van der Waals surface area contributed by atoms with Crippen molar-refractivity contribution in [3.63, 3.8) is 0 Å². The van der Waals surface area contributed by atoms with Gasteiger partial charge in [-0.25, -0.2) is 9.67 Å². The molecule has 0 spiro atoms. The molecule has 0 bridgehead atoms. The second-order valence-electron chi connectivity index (χ2n) is 5.32. The molecule has 26 heavy (non-hydrogen) atoms. The maximum Gasteiger partial charge on any atom is 0.406 e. The van der Waals surface area contributed by atoms with Gasteiger partial charge in [0.05, 0.1) is 24.1 Å². The lowest BCUT2D eigenvalue weighted by Gasteiger charge is -2.22. The number of amides is 1. The van der Waals surface area contributed by atoms with Crippen molar-refractivity contribution in [2.75, 3.05) is 19.7 Å². The first-order valence-electron chi connectivity index (χ1n) is 7.70. The van der Waals surface area contributed by atoms with Gasteiger partial charge in [0.25, 0.3) is 5.91 Å². The van der Waals surface area contributed by atoms with E-state index in [9.17, 15) is 22.8 Å². The van der Waals surface area contributed by atoms with Crippen molar-refractivity contribution < 1.29 is 27.5 Å². The zero-order valence-corrected chi connectivity index (χ0v) is 14.2. The molecule has 0 N–H and O–H groups in total. The molecule has 1 amide bonds.